The van der Waals surface area contributed by atoms with Crippen molar-refractivity contribution in [1.82, 2.24) is 9.78 Å². The number of hydrogen-bond donors (Lipinski definition) is 3. The van der Waals surface area contributed by atoms with Crippen LogP contribution in [0.1, 0.15) is 10.5 Å². The van der Waals surface area contributed by atoms with E-state index >= 15 is 0 Å². The first-order chi connectivity index (χ1) is 8.00. The van der Waals surface area contributed by atoms with Gasteiger partial charge in [-0.2, -0.15) is 5.10 Å². The quantitative estimate of drug-likeness (QED) is 0.725. The Hall–Kier alpha value is -2.50. The van der Waals surface area contributed by atoms with Crippen LogP contribution in [0.4, 0.5) is 0 Å². The average molecular weight is 234 g/mol. The SMILES string of the molecule is Cn1nc(C(=O)O)cc1-c1c(O)cccc1O. The number of phenols is 2. The maximum atomic E-state index is 10.8. The van der Waals surface area contributed by atoms with Crippen molar-refractivity contribution in [2.75, 3.05) is 0 Å². The summed E-state index contributed by atoms with van der Waals surface area (Å²) in [6.45, 7) is 0. The lowest BCUT2D eigenvalue weighted by molar-refractivity contribution is 0.0689. The summed E-state index contributed by atoms with van der Waals surface area (Å²) in [6.07, 6.45) is 0. The smallest absolute Gasteiger partial charge is 0.356 e. The molecule has 0 unspecified atom stereocenters. The van der Waals surface area contributed by atoms with Gasteiger partial charge in [-0.15, -0.1) is 0 Å². The third kappa shape index (κ3) is 1.80. The molecule has 0 amide bonds. The molecule has 0 fully saturated rings. The average Bonchev–Trinajstić information content (AvgIpc) is 2.61. The van der Waals surface area contributed by atoms with Gasteiger partial charge in [-0.1, -0.05) is 6.07 Å². The number of aromatic nitrogens is 2. The molecule has 0 saturated heterocycles. The summed E-state index contributed by atoms with van der Waals surface area (Å²) in [4.78, 5) is 10.8. The monoisotopic (exact) mass is 234 g/mol. The second-order valence-electron chi connectivity index (χ2n) is 3.51. The molecule has 17 heavy (non-hydrogen) atoms. The summed E-state index contributed by atoms with van der Waals surface area (Å²) in [5.74, 6) is -1.43. The topological polar surface area (TPSA) is 95.6 Å². The number of carboxylic acids is 1. The first-order valence-corrected chi connectivity index (χ1v) is 4.79. The number of phenolic OH excluding ortho intramolecular Hbond substituents is 2. The van der Waals surface area contributed by atoms with Crippen LogP contribution in [0.25, 0.3) is 11.3 Å². The molecule has 1 aromatic carbocycles. The molecule has 0 aliphatic heterocycles. The number of aromatic hydroxyl groups is 2. The Morgan fingerprint density at radius 2 is 1.88 bits per heavy atom. The van der Waals surface area contributed by atoms with E-state index in [1.807, 2.05) is 0 Å². The zero-order valence-electron chi connectivity index (χ0n) is 8.95. The molecule has 2 aromatic rings. The largest absolute Gasteiger partial charge is 0.507 e. The fourth-order valence-corrected chi connectivity index (χ4v) is 1.60. The van der Waals surface area contributed by atoms with E-state index in [0.717, 1.165) is 0 Å². The molecule has 0 radical (unpaired) electrons. The Kier molecular flexibility index (Phi) is 2.47. The van der Waals surface area contributed by atoms with Crippen LogP contribution < -0.4 is 0 Å². The van der Waals surface area contributed by atoms with E-state index in [0.29, 0.717) is 5.69 Å². The minimum absolute atomic E-state index is 0.134. The first-order valence-electron chi connectivity index (χ1n) is 4.79. The van der Waals surface area contributed by atoms with E-state index in [2.05, 4.69) is 5.10 Å². The summed E-state index contributed by atoms with van der Waals surface area (Å²) < 4.78 is 1.29. The molecule has 0 atom stereocenters. The van der Waals surface area contributed by atoms with Gasteiger partial charge in [0.2, 0.25) is 0 Å². The highest BCUT2D eigenvalue weighted by atomic mass is 16.4. The molecule has 1 heterocycles. The highest BCUT2D eigenvalue weighted by Crippen LogP contribution is 2.36. The first kappa shape index (κ1) is 11.0. The van der Waals surface area contributed by atoms with E-state index < -0.39 is 5.97 Å². The highest BCUT2D eigenvalue weighted by Gasteiger charge is 2.17. The number of hydrogen-bond acceptors (Lipinski definition) is 4. The number of rotatable bonds is 2. The van der Waals surface area contributed by atoms with Crippen LogP contribution in [-0.2, 0) is 7.05 Å². The van der Waals surface area contributed by atoms with Gasteiger partial charge in [0.1, 0.15) is 11.5 Å². The number of carbonyl (C=O) groups is 1. The molecular weight excluding hydrogens is 224 g/mol. The van der Waals surface area contributed by atoms with E-state index in [1.165, 1.54) is 36.0 Å². The summed E-state index contributed by atoms with van der Waals surface area (Å²) >= 11 is 0. The van der Waals surface area contributed by atoms with Crippen LogP contribution in [0.15, 0.2) is 24.3 Å². The molecule has 2 rings (SSSR count). The Labute approximate surface area is 96.4 Å². The fraction of sp³-hybridized carbons (Fsp3) is 0.0909. The summed E-state index contributed by atoms with van der Waals surface area (Å²) in [5, 5.41) is 31.9. The van der Waals surface area contributed by atoms with Gasteiger partial charge in [0.05, 0.1) is 11.3 Å². The number of nitrogens with zero attached hydrogens (tertiary/aromatic N) is 2. The van der Waals surface area contributed by atoms with Gasteiger partial charge in [0, 0.05) is 7.05 Å². The van der Waals surface area contributed by atoms with Crippen LogP contribution in [0.2, 0.25) is 0 Å². The number of aryl methyl sites for hydroxylation is 1. The van der Waals surface area contributed by atoms with Gasteiger partial charge in [-0.25, -0.2) is 4.79 Å². The van der Waals surface area contributed by atoms with E-state index in [1.54, 1.807) is 0 Å². The van der Waals surface area contributed by atoms with Gasteiger partial charge in [0.25, 0.3) is 0 Å². The summed E-state index contributed by atoms with van der Waals surface area (Å²) in [7, 11) is 1.54. The van der Waals surface area contributed by atoms with Crippen molar-refractivity contribution in [2.24, 2.45) is 7.05 Å². The van der Waals surface area contributed by atoms with Gasteiger partial charge in [0.15, 0.2) is 5.69 Å². The van der Waals surface area contributed by atoms with Crippen molar-refractivity contribution < 1.29 is 20.1 Å². The third-order valence-electron chi connectivity index (χ3n) is 2.38. The van der Waals surface area contributed by atoms with Crippen LogP contribution >= 0.6 is 0 Å². The summed E-state index contributed by atoms with van der Waals surface area (Å²) in [6, 6.07) is 5.59. The third-order valence-corrected chi connectivity index (χ3v) is 2.38. The lowest BCUT2D eigenvalue weighted by Gasteiger charge is -2.06. The molecule has 0 aliphatic carbocycles. The minimum atomic E-state index is -1.17. The second kappa shape index (κ2) is 3.82. The predicted molar refractivity (Wildman–Crippen MR) is 58.9 cm³/mol. The van der Waals surface area contributed by atoms with Crippen molar-refractivity contribution in [3.8, 4) is 22.8 Å². The number of benzene rings is 1. The lowest BCUT2D eigenvalue weighted by Crippen LogP contribution is -1.99. The van der Waals surface area contributed by atoms with Crippen molar-refractivity contribution in [2.45, 2.75) is 0 Å². The Morgan fingerprint density at radius 3 is 2.35 bits per heavy atom. The molecule has 0 bridgehead atoms. The van der Waals surface area contributed by atoms with Gasteiger partial charge in [-0.3, -0.25) is 4.68 Å². The maximum Gasteiger partial charge on any atom is 0.356 e. The Bertz CT molecular complexity index is 569. The molecule has 0 spiro atoms. The van der Waals surface area contributed by atoms with E-state index in [9.17, 15) is 15.0 Å². The summed E-state index contributed by atoms with van der Waals surface area (Å²) in [5.41, 5.74) is 0.346. The standard InChI is InChI=1S/C11H10N2O4/c1-13-7(5-6(12-13)11(16)17)10-8(14)3-2-4-9(10)15/h2-5,14-15H,1H3,(H,16,17). The van der Waals surface area contributed by atoms with Crippen molar-refractivity contribution in [1.29, 1.82) is 0 Å². The zero-order valence-corrected chi connectivity index (χ0v) is 8.95. The maximum absolute atomic E-state index is 10.8. The van der Waals surface area contributed by atoms with E-state index in [4.69, 9.17) is 5.11 Å². The van der Waals surface area contributed by atoms with Crippen LogP contribution in [0.3, 0.4) is 0 Å². The predicted octanol–water partition coefficient (Wildman–Crippen LogP) is 1.20. The molecule has 1 aromatic heterocycles. The van der Waals surface area contributed by atoms with Crippen molar-refractivity contribution in [3.05, 3.63) is 30.0 Å². The van der Waals surface area contributed by atoms with Gasteiger partial charge >= 0.3 is 5.97 Å². The van der Waals surface area contributed by atoms with Crippen LogP contribution in [0.5, 0.6) is 11.5 Å². The zero-order chi connectivity index (χ0) is 12.6. The Morgan fingerprint density at radius 1 is 1.29 bits per heavy atom. The minimum Gasteiger partial charge on any atom is -0.507 e. The molecule has 6 nitrogen and oxygen atoms in total. The number of aromatic carboxylic acids is 1. The van der Waals surface area contributed by atoms with Crippen molar-refractivity contribution >= 4 is 5.97 Å². The molecule has 3 N–H and O–H groups in total. The van der Waals surface area contributed by atoms with E-state index in [-0.39, 0.29) is 22.8 Å². The molecule has 6 heteroatoms. The van der Waals surface area contributed by atoms with Gasteiger partial charge in [-0.05, 0) is 18.2 Å². The fourth-order valence-electron chi connectivity index (χ4n) is 1.60. The van der Waals surface area contributed by atoms with Gasteiger partial charge < -0.3 is 15.3 Å². The van der Waals surface area contributed by atoms with Crippen LogP contribution in [0, 0.1) is 0 Å². The van der Waals surface area contributed by atoms with Crippen LogP contribution in [-0.4, -0.2) is 31.1 Å². The molecule has 0 saturated carbocycles. The molecular formula is C11H10N2O4. The lowest BCUT2D eigenvalue weighted by atomic mass is 10.1. The second-order valence-corrected chi connectivity index (χ2v) is 3.51. The molecule has 0 aliphatic rings. The number of carboxylic acid groups (broad SMARTS) is 1. The highest BCUT2D eigenvalue weighted by molar-refractivity contribution is 5.88. The molecule has 88 valence electrons. The van der Waals surface area contributed by atoms with Crippen molar-refractivity contribution in [3.63, 3.8) is 0 Å². The Balaban J connectivity index is 2.64. The normalized spacial score (nSPS) is 10.4.